The third-order valence-corrected chi connectivity index (χ3v) is 1.83. The lowest BCUT2D eigenvalue weighted by Gasteiger charge is -2.14. The van der Waals surface area contributed by atoms with Crippen LogP contribution in [0.2, 0.25) is 0 Å². The van der Waals surface area contributed by atoms with Crippen molar-refractivity contribution in [3.05, 3.63) is 12.7 Å². The minimum atomic E-state index is 0.353. The molecule has 1 unspecified atom stereocenters. The predicted octanol–water partition coefficient (Wildman–Crippen LogP) is 2.36. The Morgan fingerprint density at radius 3 is 2.62 bits per heavy atom. The predicted molar refractivity (Wildman–Crippen MR) is 58.0 cm³/mol. The summed E-state index contributed by atoms with van der Waals surface area (Å²) in [5, 5.41) is 3.37. The number of hydrogen-bond donors (Lipinski definition) is 1. The van der Waals surface area contributed by atoms with Crippen LogP contribution in [-0.4, -0.2) is 25.3 Å². The van der Waals surface area contributed by atoms with Crippen molar-refractivity contribution in [1.82, 2.24) is 5.32 Å². The van der Waals surface area contributed by atoms with E-state index in [0.717, 1.165) is 26.0 Å². The second kappa shape index (κ2) is 8.27. The first-order valence-electron chi connectivity index (χ1n) is 5.12. The van der Waals surface area contributed by atoms with Crippen LogP contribution in [0.4, 0.5) is 0 Å². The van der Waals surface area contributed by atoms with Crippen LogP contribution in [-0.2, 0) is 4.74 Å². The molecule has 0 saturated carbocycles. The molecular weight excluding hydrogens is 162 g/mol. The summed E-state index contributed by atoms with van der Waals surface area (Å²) < 4.78 is 5.55. The van der Waals surface area contributed by atoms with Gasteiger partial charge in [-0.2, -0.15) is 0 Å². The first kappa shape index (κ1) is 12.7. The zero-order valence-corrected chi connectivity index (χ0v) is 9.18. The van der Waals surface area contributed by atoms with E-state index in [0.29, 0.717) is 12.1 Å². The standard InChI is InChI=1S/C11H23NO/c1-5-6-9-13-11(4)7-8-12-10(2)3/h5,10-12H,1,6-9H2,2-4H3. The number of rotatable bonds is 8. The molecule has 1 N–H and O–H groups in total. The van der Waals surface area contributed by atoms with Crippen LogP contribution >= 0.6 is 0 Å². The average Bonchev–Trinajstić information content (AvgIpc) is 2.04. The summed E-state index contributed by atoms with van der Waals surface area (Å²) in [7, 11) is 0. The van der Waals surface area contributed by atoms with Gasteiger partial charge in [0.25, 0.3) is 0 Å². The maximum absolute atomic E-state index is 5.55. The fourth-order valence-corrected chi connectivity index (χ4v) is 1.01. The molecular formula is C11H23NO. The molecule has 0 radical (unpaired) electrons. The van der Waals surface area contributed by atoms with Crippen LogP contribution in [0.25, 0.3) is 0 Å². The third kappa shape index (κ3) is 9.57. The highest BCUT2D eigenvalue weighted by Gasteiger charge is 2.01. The fourth-order valence-electron chi connectivity index (χ4n) is 1.01. The van der Waals surface area contributed by atoms with Gasteiger partial charge in [-0.25, -0.2) is 0 Å². The largest absolute Gasteiger partial charge is 0.378 e. The molecule has 0 fully saturated rings. The zero-order valence-electron chi connectivity index (χ0n) is 9.18. The van der Waals surface area contributed by atoms with E-state index in [1.54, 1.807) is 0 Å². The average molecular weight is 185 g/mol. The summed E-state index contributed by atoms with van der Waals surface area (Å²) in [6, 6.07) is 0.570. The summed E-state index contributed by atoms with van der Waals surface area (Å²) in [6.45, 7) is 11.9. The lowest BCUT2D eigenvalue weighted by molar-refractivity contribution is 0.0635. The molecule has 0 aromatic rings. The molecule has 0 amide bonds. The molecule has 0 saturated heterocycles. The Kier molecular flexibility index (Phi) is 8.05. The highest BCUT2D eigenvalue weighted by Crippen LogP contribution is 1.97. The lowest BCUT2D eigenvalue weighted by Crippen LogP contribution is -2.26. The van der Waals surface area contributed by atoms with Crippen molar-refractivity contribution < 1.29 is 4.74 Å². The van der Waals surface area contributed by atoms with E-state index in [4.69, 9.17) is 4.74 Å². The van der Waals surface area contributed by atoms with E-state index >= 15 is 0 Å². The first-order valence-corrected chi connectivity index (χ1v) is 5.12. The Hall–Kier alpha value is -0.340. The summed E-state index contributed by atoms with van der Waals surface area (Å²) in [5.41, 5.74) is 0. The molecule has 0 heterocycles. The topological polar surface area (TPSA) is 21.3 Å². The van der Waals surface area contributed by atoms with Crippen molar-refractivity contribution in [2.45, 2.75) is 45.8 Å². The number of hydrogen-bond acceptors (Lipinski definition) is 2. The molecule has 1 atom stereocenters. The summed E-state index contributed by atoms with van der Waals surface area (Å²) >= 11 is 0. The Balaban J connectivity index is 3.19. The maximum atomic E-state index is 5.55. The van der Waals surface area contributed by atoms with Gasteiger partial charge < -0.3 is 10.1 Å². The molecule has 0 bridgehead atoms. The van der Waals surface area contributed by atoms with E-state index in [-0.39, 0.29) is 0 Å². The van der Waals surface area contributed by atoms with Gasteiger partial charge in [0.1, 0.15) is 0 Å². The molecule has 0 spiro atoms. The number of nitrogens with one attached hydrogen (secondary N) is 1. The van der Waals surface area contributed by atoms with Gasteiger partial charge in [-0.3, -0.25) is 0 Å². The number of ether oxygens (including phenoxy) is 1. The van der Waals surface area contributed by atoms with Gasteiger partial charge in [0, 0.05) is 6.04 Å². The minimum absolute atomic E-state index is 0.353. The van der Waals surface area contributed by atoms with Crippen LogP contribution in [0.5, 0.6) is 0 Å². The Labute approximate surface area is 82.4 Å². The third-order valence-electron chi connectivity index (χ3n) is 1.83. The lowest BCUT2D eigenvalue weighted by atomic mass is 10.2. The smallest absolute Gasteiger partial charge is 0.0559 e. The minimum Gasteiger partial charge on any atom is -0.378 e. The monoisotopic (exact) mass is 185 g/mol. The zero-order chi connectivity index (χ0) is 10.1. The van der Waals surface area contributed by atoms with E-state index < -0.39 is 0 Å². The summed E-state index contributed by atoms with van der Waals surface area (Å²) in [4.78, 5) is 0. The van der Waals surface area contributed by atoms with Crippen LogP contribution in [0, 0.1) is 0 Å². The quantitative estimate of drug-likeness (QED) is 0.463. The molecule has 0 aliphatic rings. The van der Waals surface area contributed by atoms with Gasteiger partial charge in [0.2, 0.25) is 0 Å². The van der Waals surface area contributed by atoms with Gasteiger partial charge in [-0.05, 0) is 26.3 Å². The van der Waals surface area contributed by atoms with E-state index in [2.05, 4.69) is 32.7 Å². The Bertz CT molecular complexity index is 123. The van der Waals surface area contributed by atoms with Gasteiger partial charge in [-0.1, -0.05) is 19.9 Å². The highest BCUT2D eigenvalue weighted by atomic mass is 16.5. The van der Waals surface area contributed by atoms with E-state index in [9.17, 15) is 0 Å². The second-order valence-corrected chi connectivity index (χ2v) is 3.66. The van der Waals surface area contributed by atoms with Crippen LogP contribution in [0.3, 0.4) is 0 Å². The van der Waals surface area contributed by atoms with Crippen LogP contribution in [0.15, 0.2) is 12.7 Å². The van der Waals surface area contributed by atoms with Crippen molar-refractivity contribution in [3.8, 4) is 0 Å². The Morgan fingerprint density at radius 2 is 2.08 bits per heavy atom. The van der Waals surface area contributed by atoms with Crippen molar-refractivity contribution in [1.29, 1.82) is 0 Å². The van der Waals surface area contributed by atoms with Crippen LogP contribution < -0.4 is 5.32 Å². The van der Waals surface area contributed by atoms with Crippen molar-refractivity contribution >= 4 is 0 Å². The summed E-state index contributed by atoms with van der Waals surface area (Å²) in [6.07, 6.45) is 4.27. The highest BCUT2D eigenvalue weighted by molar-refractivity contribution is 4.65. The SMILES string of the molecule is C=CCCOC(C)CCNC(C)C. The molecule has 0 aromatic heterocycles. The van der Waals surface area contributed by atoms with Crippen LogP contribution in [0.1, 0.15) is 33.6 Å². The molecule has 13 heavy (non-hydrogen) atoms. The fraction of sp³-hybridized carbons (Fsp3) is 0.818. The molecule has 0 rings (SSSR count). The molecule has 0 aliphatic heterocycles. The first-order chi connectivity index (χ1) is 6.16. The molecule has 0 aliphatic carbocycles. The van der Waals surface area contributed by atoms with Gasteiger partial charge in [-0.15, -0.1) is 6.58 Å². The van der Waals surface area contributed by atoms with Gasteiger partial charge >= 0.3 is 0 Å². The molecule has 2 nitrogen and oxygen atoms in total. The van der Waals surface area contributed by atoms with E-state index in [1.165, 1.54) is 0 Å². The van der Waals surface area contributed by atoms with Crippen molar-refractivity contribution in [2.24, 2.45) is 0 Å². The molecule has 78 valence electrons. The molecule has 0 aromatic carbocycles. The summed E-state index contributed by atoms with van der Waals surface area (Å²) in [5.74, 6) is 0. The van der Waals surface area contributed by atoms with Gasteiger partial charge in [0.05, 0.1) is 12.7 Å². The van der Waals surface area contributed by atoms with Gasteiger partial charge in [0.15, 0.2) is 0 Å². The van der Waals surface area contributed by atoms with Crippen molar-refractivity contribution in [2.75, 3.05) is 13.2 Å². The normalized spacial score (nSPS) is 13.2. The Morgan fingerprint density at radius 1 is 1.38 bits per heavy atom. The van der Waals surface area contributed by atoms with Crippen molar-refractivity contribution in [3.63, 3.8) is 0 Å². The second-order valence-electron chi connectivity index (χ2n) is 3.66. The molecule has 2 heteroatoms. The maximum Gasteiger partial charge on any atom is 0.0559 e. The van der Waals surface area contributed by atoms with E-state index in [1.807, 2.05) is 6.08 Å².